The lowest BCUT2D eigenvalue weighted by Gasteiger charge is -2.02. The van der Waals surface area contributed by atoms with Crippen LogP contribution in [0.15, 0.2) is 30.3 Å². The predicted molar refractivity (Wildman–Crippen MR) is 64.6 cm³/mol. The van der Waals surface area contributed by atoms with E-state index in [1.54, 1.807) is 0 Å². The average Bonchev–Trinajstić information content (AvgIpc) is 2.30. The van der Waals surface area contributed by atoms with E-state index in [1.807, 2.05) is 30.3 Å². The molecule has 0 bridgehead atoms. The van der Waals surface area contributed by atoms with E-state index in [0.29, 0.717) is 19.6 Å². The molecule has 0 radical (unpaired) electrons. The van der Waals surface area contributed by atoms with Gasteiger partial charge in [0.1, 0.15) is 0 Å². The number of benzene rings is 1. The second-order valence-electron chi connectivity index (χ2n) is 3.19. The van der Waals surface area contributed by atoms with E-state index in [1.165, 1.54) is 0 Å². The number of ketones is 1. The number of carbonyl (C=O) groups excluding carboxylic acids is 1. The summed E-state index contributed by atoms with van der Waals surface area (Å²) in [5.41, 5.74) is 0.790. The van der Waals surface area contributed by atoms with E-state index >= 15 is 0 Å². The van der Waals surface area contributed by atoms with Crippen LogP contribution in [0.4, 0.5) is 0 Å². The van der Waals surface area contributed by atoms with Gasteiger partial charge < -0.3 is 4.74 Å². The molecular weight excluding hydrogens is 256 g/mol. The van der Waals surface area contributed by atoms with Crippen molar-refractivity contribution in [2.45, 2.75) is 12.8 Å². The molecule has 1 aromatic carbocycles. The molecule has 0 heterocycles. The van der Waals surface area contributed by atoms with Crippen LogP contribution in [0, 0.1) is 0 Å². The van der Waals surface area contributed by atoms with Crippen molar-refractivity contribution >= 4 is 21.7 Å². The smallest absolute Gasteiger partial charge is 0.162 e. The molecule has 1 rings (SSSR count). The van der Waals surface area contributed by atoms with Crippen LogP contribution in [-0.4, -0.2) is 24.3 Å². The van der Waals surface area contributed by atoms with E-state index in [0.717, 1.165) is 17.3 Å². The summed E-state index contributed by atoms with van der Waals surface area (Å²) >= 11 is 3.28. The van der Waals surface area contributed by atoms with Crippen molar-refractivity contribution in [2.24, 2.45) is 0 Å². The van der Waals surface area contributed by atoms with Gasteiger partial charge in [0.05, 0.1) is 6.61 Å². The first-order chi connectivity index (χ1) is 7.34. The summed E-state index contributed by atoms with van der Waals surface area (Å²) in [6.07, 6.45) is 1.35. The number of alkyl halides is 1. The zero-order chi connectivity index (χ0) is 10.9. The Morgan fingerprint density at radius 3 is 2.60 bits per heavy atom. The molecule has 0 aliphatic heterocycles. The van der Waals surface area contributed by atoms with Crippen molar-refractivity contribution in [2.75, 3.05) is 18.5 Å². The topological polar surface area (TPSA) is 26.3 Å². The molecule has 0 fully saturated rings. The maximum absolute atomic E-state index is 11.6. The molecule has 3 heteroatoms. The molecule has 0 aromatic heterocycles. The predicted octanol–water partition coefficient (Wildman–Crippen LogP) is 3.06. The summed E-state index contributed by atoms with van der Waals surface area (Å²) < 4.78 is 5.27. The monoisotopic (exact) mass is 270 g/mol. The second kappa shape index (κ2) is 7.60. The SMILES string of the molecule is O=C(CCCOCCBr)c1ccccc1. The lowest BCUT2D eigenvalue weighted by Crippen LogP contribution is -2.03. The van der Waals surface area contributed by atoms with Crippen molar-refractivity contribution in [3.63, 3.8) is 0 Å². The molecule has 0 amide bonds. The van der Waals surface area contributed by atoms with Crippen LogP contribution in [0.25, 0.3) is 0 Å². The van der Waals surface area contributed by atoms with Gasteiger partial charge in [-0.1, -0.05) is 46.3 Å². The Bertz CT molecular complexity index is 285. The number of hydrogen-bond acceptors (Lipinski definition) is 2. The van der Waals surface area contributed by atoms with E-state index < -0.39 is 0 Å². The maximum Gasteiger partial charge on any atom is 0.162 e. The first-order valence-corrected chi connectivity index (χ1v) is 6.18. The van der Waals surface area contributed by atoms with Crippen LogP contribution >= 0.6 is 15.9 Å². The highest BCUT2D eigenvalue weighted by atomic mass is 79.9. The van der Waals surface area contributed by atoms with Gasteiger partial charge in [-0.05, 0) is 6.42 Å². The highest BCUT2D eigenvalue weighted by Crippen LogP contribution is 2.04. The van der Waals surface area contributed by atoms with Crippen LogP contribution in [0.2, 0.25) is 0 Å². The maximum atomic E-state index is 11.6. The number of Topliss-reactive ketones (excluding diaryl/α,β-unsaturated/α-hetero) is 1. The van der Waals surface area contributed by atoms with Gasteiger partial charge in [-0.15, -0.1) is 0 Å². The van der Waals surface area contributed by atoms with E-state index in [2.05, 4.69) is 15.9 Å². The highest BCUT2D eigenvalue weighted by molar-refractivity contribution is 9.09. The molecule has 0 saturated heterocycles. The minimum absolute atomic E-state index is 0.193. The van der Waals surface area contributed by atoms with E-state index in [9.17, 15) is 4.79 Å². The lowest BCUT2D eigenvalue weighted by molar-refractivity contribution is 0.0949. The van der Waals surface area contributed by atoms with E-state index in [4.69, 9.17) is 4.74 Å². The summed E-state index contributed by atoms with van der Waals surface area (Å²) in [6, 6.07) is 9.38. The van der Waals surface area contributed by atoms with Crippen LogP contribution in [0.5, 0.6) is 0 Å². The van der Waals surface area contributed by atoms with Crippen LogP contribution in [-0.2, 0) is 4.74 Å². The molecule has 2 nitrogen and oxygen atoms in total. The Hall–Kier alpha value is -0.670. The van der Waals surface area contributed by atoms with Gasteiger partial charge in [-0.25, -0.2) is 0 Å². The summed E-state index contributed by atoms with van der Waals surface area (Å²) in [6.45, 7) is 1.36. The summed E-state index contributed by atoms with van der Waals surface area (Å²) in [5, 5.41) is 0.847. The molecule has 1 aromatic rings. The quantitative estimate of drug-likeness (QED) is 0.433. The van der Waals surface area contributed by atoms with Crippen molar-refractivity contribution in [3.8, 4) is 0 Å². The minimum Gasteiger partial charge on any atom is -0.381 e. The third kappa shape index (κ3) is 5.09. The first-order valence-electron chi connectivity index (χ1n) is 5.06. The normalized spacial score (nSPS) is 10.2. The molecule has 82 valence electrons. The molecule has 0 N–H and O–H groups in total. The number of halogens is 1. The summed E-state index contributed by atoms with van der Waals surface area (Å²) in [4.78, 5) is 11.6. The van der Waals surface area contributed by atoms with Gasteiger partial charge in [0, 0.05) is 23.9 Å². The van der Waals surface area contributed by atoms with Crippen molar-refractivity contribution in [1.29, 1.82) is 0 Å². The average molecular weight is 271 g/mol. The fourth-order valence-electron chi connectivity index (χ4n) is 1.26. The Labute approximate surface area is 98.8 Å². The molecule has 0 aliphatic rings. The Morgan fingerprint density at radius 2 is 1.93 bits per heavy atom. The fourth-order valence-corrected chi connectivity index (χ4v) is 1.49. The first kappa shape index (κ1) is 12.4. The van der Waals surface area contributed by atoms with Crippen LogP contribution in [0.3, 0.4) is 0 Å². The molecule has 0 aliphatic carbocycles. The molecule has 15 heavy (non-hydrogen) atoms. The van der Waals surface area contributed by atoms with Gasteiger partial charge in [0.25, 0.3) is 0 Å². The largest absolute Gasteiger partial charge is 0.381 e. The lowest BCUT2D eigenvalue weighted by atomic mass is 10.1. The van der Waals surface area contributed by atoms with Gasteiger partial charge in [0.15, 0.2) is 5.78 Å². The Morgan fingerprint density at radius 1 is 1.20 bits per heavy atom. The van der Waals surface area contributed by atoms with Gasteiger partial charge in [-0.3, -0.25) is 4.79 Å². The zero-order valence-corrected chi connectivity index (χ0v) is 10.2. The Kier molecular flexibility index (Phi) is 6.28. The van der Waals surface area contributed by atoms with E-state index in [-0.39, 0.29) is 5.78 Å². The van der Waals surface area contributed by atoms with Gasteiger partial charge in [0.2, 0.25) is 0 Å². The third-order valence-corrected chi connectivity index (χ3v) is 2.33. The summed E-state index contributed by atoms with van der Waals surface area (Å²) in [5.74, 6) is 0.193. The molecule has 0 atom stereocenters. The van der Waals surface area contributed by atoms with Crippen LogP contribution < -0.4 is 0 Å². The Balaban J connectivity index is 2.20. The number of ether oxygens (including phenoxy) is 1. The fraction of sp³-hybridized carbons (Fsp3) is 0.417. The highest BCUT2D eigenvalue weighted by Gasteiger charge is 2.03. The molecule has 0 saturated carbocycles. The standard InChI is InChI=1S/C12H15BrO2/c13-8-10-15-9-4-7-12(14)11-5-2-1-3-6-11/h1-3,5-6H,4,7-10H2. The zero-order valence-electron chi connectivity index (χ0n) is 8.62. The molecule has 0 unspecified atom stereocenters. The van der Waals surface area contributed by atoms with Gasteiger partial charge in [-0.2, -0.15) is 0 Å². The summed E-state index contributed by atoms with van der Waals surface area (Å²) in [7, 11) is 0. The minimum atomic E-state index is 0.193. The molecular formula is C12H15BrO2. The molecule has 0 spiro atoms. The number of rotatable bonds is 7. The second-order valence-corrected chi connectivity index (χ2v) is 3.99. The van der Waals surface area contributed by atoms with Crippen molar-refractivity contribution in [3.05, 3.63) is 35.9 Å². The number of hydrogen-bond donors (Lipinski definition) is 0. The number of carbonyl (C=O) groups is 1. The van der Waals surface area contributed by atoms with Crippen molar-refractivity contribution in [1.82, 2.24) is 0 Å². The van der Waals surface area contributed by atoms with Crippen LogP contribution in [0.1, 0.15) is 23.2 Å². The van der Waals surface area contributed by atoms with Crippen molar-refractivity contribution < 1.29 is 9.53 Å². The third-order valence-electron chi connectivity index (χ3n) is 2.01. The van der Waals surface area contributed by atoms with Gasteiger partial charge >= 0.3 is 0 Å².